The molecular formula is C19H28N2O3S. The van der Waals surface area contributed by atoms with Gasteiger partial charge in [-0.3, -0.25) is 4.79 Å². The van der Waals surface area contributed by atoms with Crippen LogP contribution in [0.5, 0.6) is 0 Å². The number of benzene rings is 1. The molecule has 0 bridgehead atoms. The van der Waals surface area contributed by atoms with Crippen LogP contribution in [0.15, 0.2) is 29.2 Å². The van der Waals surface area contributed by atoms with Gasteiger partial charge < -0.3 is 5.32 Å². The van der Waals surface area contributed by atoms with E-state index in [-0.39, 0.29) is 22.9 Å². The van der Waals surface area contributed by atoms with E-state index in [0.29, 0.717) is 5.56 Å². The van der Waals surface area contributed by atoms with Crippen LogP contribution in [0.4, 0.5) is 0 Å². The number of hydrogen-bond acceptors (Lipinski definition) is 3. The van der Waals surface area contributed by atoms with Crippen LogP contribution in [0.2, 0.25) is 0 Å². The zero-order valence-electron chi connectivity index (χ0n) is 14.9. The molecule has 2 aliphatic carbocycles. The van der Waals surface area contributed by atoms with Crippen molar-refractivity contribution in [2.75, 3.05) is 7.05 Å². The molecule has 1 amide bonds. The van der Waals surface area contributed by atoms with Crippen molar-refractivity contribution in [3.8, 4) is 0 Å². The van der Waals surface area contributed by atoms with E-state index in [4.69, 9.17) is 0 Å². The largest absolute Gasteiger partial charge is 0.349 e. The molecule has 0 spiro atoms. The van der Waals surface area contributed by atoms with Crippen LogP contribution in [0.3, 0.4) is 0 Å². The lowest BCUT2D eigenvalue weighted by atomic mass is 9.96. The minimum Gasteiger partial charge on any atom is -0.349 e. The second-order valence-electron chi connectivity index (χ2n) is 7.30. The van der Waals surface area contributed by atoms with E-state index in [9.17, 15) is 13.2 Å². The van der Waals surface area contributed by atoms with E-state index in [0.717, 1.165) is 51.4 Å². The highest BCUT2D eigenvalue weighted by atomic mass is 32.2. The Balaban J connectivity index is 1.75. The second kappa shape index (κ2) is 7.87. The Labute approximate surface area is 150 Å². The molecule has 6 heteroatoms. The highest BCUT2D eigenvalue weighted by Crippen LogP contribution is 2.27. The summed E-state index contributed by atoms with van der Waals surface area (Å²) in [6.07, 6.45) is 9.47. The molecule has 1 N–H and O–H groups in total. The topological polar surface area (TPSA) is 66.5 Å². The summed E-state index contributed by atoms with van der Waals surface area (Å²) in [5.74, 6) is -0.177. The van der Waals surface area contributed by atoms with Crippen LogP contribution in [-0.2, 0) is 10.0 Å². The van der Waals surface area contributed by atoms with Gasteiger partial charge in [-0.2, -0.15) is 4.31 Å². The smallest absolute Gasteiger partial charge is 0.251 e. The third-order valence-electron chi connectivity index (χ3n) is 5.55. The summed E-state index contributed by atoms with van der Waals surface area (Å²) >= 11 is 0. The molecule has 5 nitrogen and oxygen atoms in total. The third-order valence-corrected chi connectivity index (χ3v) is 7.46. The first-order valence-corrected chi connectivity index (χ1v) is 10.8. The normalized spacial score (nSPS) is 20.1. The van der Waals surface area contributed by atoms with Crippen LogP contribution in [0.1, 0.15) is 68.1 Å². The maximum atomic E-state index is 12.9. The summed E-state index contributed by atoms with van der Waals surface area (Å²) in [6.45, 7) is 0. The Hall–Kier alpha value is -1.40. The molecule has 1 aromatic carbocycles. The molecule has 0 unspecified atom stereocenters. The first-order chi connectivity index (χ1) is 12.0. The second-order valence-corrected chi connectivity index (χ2v) is 9.29. The molecule has 2 saturated carbocycles. The molecular weight excluding hydrogens is 336 g/mol. The average Bonchev–Trinajstić information content (AvgIpc) is 3.15. The lowest BCUT2D eigenvalue weighted by Gasteiger charge is -2.30. The molecule has 2 fully saturated rings. The van der Waals surface area contributed by atoms with Gasteiger partial charge in [0.2, 0.25) is 10.0 Å². The van der Waals surface area contributed by atoms with Gasteiger partial charge in [0.05, 0.1) is 4.90 Å². The van der Waals surface area contributed by atoms with Crippen LogP contribution in [-0.4, -0.2) is 37.8 Å². The monoisotopic (exact) mass is 364 g/mol. The average molecular weight is 365 g/mol. The Morgan fingerprint density at radius 2 is 1.68 bits per heavy atom. The van der Waals surface area contributed by atoms with Gasteiger partial charge in [0, 0.05) is 24.7 Å². The standard InChI is InChI=1S/C19H28N2O3S/c1-21(17-11-3-2-4-12-17)25(23,24)18-13-7-8-15(14-18)19(22)20-16-9-5-6-10-16/h7-8,13-14,16-17H,2-6,9-12H2,1H3,(H,20,22). The fourth-order valence-electron chi connectivity index (χ4n) is 3.94. The number of sulfonamides is 1. The zero-order chi connectivity index (χ0) is 17.9. The van der Waals surface area contributed by atoms with E-state index in [1.165, 1.54) is 16.8 Å². The van der Waals surface area contributed by atoms with E-state index >= 15 is 0 Å². The quantitative estimate of drug-likeness (QED) is 0.872. The fourth-order valence-corrected chi connectivity index (χ4v) is 5.41. The van der Waals surface area contributed by atoms with Crippen molar-refractivity contribution in [2.24, 2.45) is 0 Å². The first-order valence-electron chi connectivity index (χ1n) is 9.37. The molecule has 2 aliphatic rings. The van der Waals surface area contributed by atoms with Gasteiger partial charge in [-0.25, -0.2) is 8.42 Å². The summed E-state index contributed by atoms with van der Waals surface area (Å²) in [5.41, 5.74) is 0.421. The summed E-state index contributed by atoms with van der Waals surface area (Å²) < 4.78 is 27.4. The van der Waals surface area contributed by atoms with Crippen molar-refractivity contribution in [3.05, 3.63) is 29.8 Å². The Bertz CT molecular complexity index is 705. The molecule has 3 rings (SSSR count). The van der Waals surface area contributed by atoms with Crippen molar-refractivity contribution < 1.29 is 13.2 Å². The van der Waals surface area contributed by atoms with Crippen molar-refractivity contribution in [2.45, 2.75) is 74.8 Å². The van der Waals surface area contributed by atoms with Crippen LogP contribution in [0, 0.1) is 0 Å². The molecule has 0 heterocycles. The number of carbonyl (C=O) groups is 1. The Morgan fingerprint density at radius 3 is 2.36 bits per heavy atom. The summed E-state index contributed by atoms with van der Waals surface area (Å²) in [4.78, 5) is 12.6. The van der Waals surface area contributed by atoms with Crippen molar-refractivity contribution in [1.29, 1.82) is 0 Å². The van der Waals surface area contributed by atoms with Crippen LogP contribution in [0.25, 0.3) is 0 Å². The molecule has 138 valence electrons. The minimum absolute atomic E-state index is 0.0646. The van der Waals surface area contributed by atoms with E-state index in [1.54, 1.807) is 25.2 Å². The van der Waals surface area contributed by atoms with Gasteiger partial charge >= 0.3 is 0 Å². The molecule has 25 heavy (non-hydrogen) atoms. The minimum atomic E-state index is -3.57. The number of rotatable bonds is 5. The first kappa shape index (κ1) is 18.4. The molecule has 0 saturated heterocycles. The van der Waals surface area contributed by atoms with E-state index in [2.05, 4.69) is 5.32 Å². The zero-order valence-corrected chi connectivity index (χ0v) is 15.7. The highest BCUT2D eigenvalue weighted by Gasteiger charge is 2.29. The van der Waals surface area contributed by atoms with E-state index < -0.39 is 10.0 Å². The summed E-state index contributed by atoms with van der Waals surface area (Å²) in [7, 11) is -1.91. The molecule has 0 atom stereocenters. The predicted molar refractivity (Wildman–Crippen MR) is 98.0 cm³/mol. The third kappa shape index (κ3) is 4.23. The number of amides is 1. The van der Waals surface area contributed by atoms with Gasteiger partial charge in [0.1, 0.15) is 0 Å². The molecule has 1 aromatic rings. The Morgan fingerprint density at radius 1 is 1.04 bits per heavy atom. The lowest BCUT2D eigenvalue weighted by molar-refractivity contribution is 0.0937. The van der Waals surface area contributed by atoms with Crippen molar-refractivity contribution in [1.82, 2.24) is 9.62 Å². The SMILES string of the molecule is CN(C1CCCCC1)S(=O)(=O)c1cccc(C(=O)NC2CCCC2)c1. The maximum absolute atomic E-state index is 12.9. The fraction of sp³-hybridized carbons (Fsp3) is 0.632. The number of hydrogen-bond donors (Lipinski definition) is 1. The van der Waals surface area contributed by atoms with Gasteiger partial charge in [-0.1, -0.05) is 38.2 Å². The highest BCUT2D eigenvalue weighted by molar-refractivity contribution is 7.89. The number of carbonyl (C=O) groups excluding carboxylic acids is 1. The number of nitrogens with zero attached hydrogens (tertiary/aromatic N) is 1. The van der Waals surface area contributed by atoms with Gasteiger partial charge in [-0.15, -0.1) is 0 Å². The predicted octanol–water partition coefficient (Wildman–Crippen LogP) is 3.31. The van der Waals surface area contributed by atoms with E-state index in [1.807, 2.05) is 0 Å². The Kier molecular flexibility index (Phi) is 5.79. The van der Waals surface area contributed by atoms with Gasteiger partial charge in [0.25, 0.3) is 5.91 Å². The van der Waals surface area contributed by atoms with Gasteiger partial charge in [-0.05, 0) is 43.9 Å². The number of nitrogens with one attached hydrogen (secondary N) is 1. The molecule has 0 radical (unpaired) electrons. The molecule has 0 aromatic heterocycles. The lowest BCUT2D eigenvalue weighted by Crippen LogP contribution is -2.38. The van der Waals surface area contributed by atoms with Gasteiger partial charge in [0.15, 0.2) is 0 Å². The van der Waals surface area contributed by atoms with Crippen LogP contribution >= 0.6 is 0 Å². The summed E-state index contributed by atoms with van der Waals surface area (Å²) in [5, 5.41) is 3.02. The molecule has 0 aliphatic heterocycles. The van der Waals surface area contributed by atoms with Crippen molar-refractivity contribution >= 4 is 15.9 Å². The van der Waals surface area contributed by atoms with Crippen molar-refractivity contribution in [3.63, 3.8) is 0 Å². The van der Waals surface area contributed by atoms with Crippen LogP contribution < -0.4 is 5.32 Å². The maximum Gasteiger partial charge on any atom is 0.251 e. The summed E-state index contributed by atoms with van der Waals surface area (Å²) in [6, 6.07) is 6.72.